The number of esters is 1. The molecule has 32 heavy (non-hydrogen) atoms. The van der Waals surface area contributed by atoms with E-state index in [1.807, 2.05) is 17.5 Å². The minimum absolute atomic E-state index is 0.112. The highest BCUT2D eigenvalue weighted by atomic mass is 32.2. The molecule has 1 fully saturated rings. The number of ether oxygens (including phenoxy) is 1. The van der Waals surface area contributed by atoms with Crippen molar-refractivity contribution in [1.82, 2.24) is 10.2 Å². The number of hydrogen-bond donors (Lipinski definition) is 1. The first kappa shape index (κ1) is 22.0. The molecule has 9 nitrogen and oxygen atoms in total. The van der Waals surface area contributed by atoms with Gasteiger partial charge in [0.05, 0.1) is 11.3 Å². The summed E-state index contributed by atoms with van der Waals surface area (Å²) in [5, 5.41) is 14.6. The molecule has 1 saturated heterocycles. The molecule has 2 atom stereocenters. The molecule has 2 aromatic rings. The molecule has 0 spiro atoms. The Morgan fingerprint density at radius 2 is 2.03 bits per heavy atom. The van der Waals surface area contributed by atoms with Crippen molar-refractivity contribution >= 4 is 46.6 Å². The van der Waals surface area contributed by atoms with E-state index in [-0.39, 0.29) is 30.4 Å². The lowest BCUT2D eigenvalue weighted by Gasteiger charge is -2.48. The average Bonchev–Trinajstić information content (AvgIpc) is 3.28. The third-order valence-corrected chi connectivity index (χ3v) is 6.98. The summed E-state index contributed by atoms with van der Waals surface area (Å²) < 4.78 is 19.6. The Morgan fingerprint density at radius 3 is 2.69 bits per heavy atom. The smallest absolute Gasteiger partial charge is 0.358 e. The number of nitro benzene ring substituents is 1. The van der Waals surface area contributed by atoms with Gasteiger partial charge in [-0.25, -0.2) is 9.18 Å². The summed E-state index contributed by atoms with van der Waals surface area (Å²) in [7, 11) is 0. The summed E-state index contributed by atoms with van der Waals surface area (Å²) in [5.74, 6) is -2.84. The molecule has 1 aromatic heterocycles. The Balaban J connectivity index is 1.38. The number of carbonyl (C=O) groups excluding carboxylic acids is 3. The molecule has 0 radical (unpaired) electrons. The summed E-state index contributed by atoms with van der Waals surface area (Å²) in [4.78, 5) is 49.4. The van der Waals surface area contributed by atoms with Crippen molar-refractivity contribution in [2.24, 2.45) is 0 Å². The van der Waals surface area contributed by atoms with Gasteiger partial charge in [-0.2, -0.15) is 0 Å². The number of thioether (sulfide) groups is 1. The molecule has 166 valence electrons. The Labute approximate surface area is 189 Å². The lowest BCUT2D eigenvalue weighted by Crippen LogP contribution is -2.70. The summed E-state index contributed by atoms with van der Waals surface area (Å²) in [6.45, 7) is -0.242. The fourth-order valence-corrected chi connectivity index (χ4v) is 5.19. The molecule has 2 aliphatic rings. The molecule has 2 aliphatic heterocycles. The average molecular weight is 477 g/mol. The van der Waals surface area contributed by atoms with Crippen LogP contribution < -0.4 is 5.32 Å². The van der Waals surface area contributed by atoms with E-state index in [9.17, 15) is 28.9 Å². The number of carbonyl (C=O) groups is 3. The van der Waals surface area contributed by atoms with Crippen molar-refractivity contribution in [1.29, 1.82) is 0 Å². The number of halogens is 1. The van der Waals surface area contributed by atoms with Crippen LogP contribution in [-0.4, -0.2) is 44.8 Å². The van der Waals surface area contributed by atoms with Gasteiger partial charge < -0.3 is 10.1 Å². The minimum Gasteiger partial charge on any atom is -0.456 e. The normalized spacial score (nSPS) is 19.8. The molecule has 12 heteroatoms. The first-order chi connectivity index (χ1) is 15.3. The van der Waals surface area contributed by atoms with Crippen LogP contribution in [0.4, 0.5) is 10.1 Å². The lowest BCUT2D eigenvalue weighted by atomic mass is 10.0. The molecule has 4 rings (SSSR count). The van der Waals surface area contributed by atoms with E-state index in [0.717, 1.165) is 21.5 Å². The van der Waals surface area contributed by atoms with Gasteiger partial charge >= 0.3 is 5.97 Å². The molecule has 1 aromatic carbocycles. The van der Waals surface area contributed by atoms with E-state index in [2.05, 4.69) is 5.32 Å². The molecule has 2 amide bonds. The van der Waals surface area contributed by atoms with Gasteiger partial charge in [0.2, 0.25) is 5.91 Å². The first-order valence-electron chi connectivity index (χ1n) is 9.40. The van der Waals surface area contributed by atoms with E-state index >= 15 is 0 Å². The maximum absolute atomic E-state index is 14.4. The highest BCUT2D eigenvalue weighted by molar-refractivity contribution is 8.00. The fourth-order valence-electron chi connectivity index (χ4n) is 3.30. The van der Waals surface area contributed by atoms with Crippen LogP contribution in [0.15, 0.2) is 53.3 Å². The van der Waals surface area contributed by atoms with Crippen molar-refractivity contribution in [2.75, 3.05) is 5.75 Å². The van der Waals surface area contributed by atoms with E-state index < -0.39 is 39.7 Å². The Kier molecular flexibility index (Phi) is 6.24. The Morgan fingerprint density at radius 1 is 1.28 bits per heavy atom. The predicted octanol–water partition coefficient (Wildman–Crippen LogP) is 2.52. The van der Waals surface area contributed by atoms with Crippen LogP contribution in [0, 0.1) is 10.1 Å². The van der Waals surface area contributed by atoms with Crippen LogP contribution in [-0.2, 0) is 32.1 Å². The fraction of sp³-hybridized carbons (Fsp3) is 0.250. The topological polar surface area (TPSA) is 119 Å². The number of benzene rings is 1. The molecular formula is C20H16FN3O6S2. The van der Waals surface area contributed by atoms with Crippen LogP contribution >= 0.6 is 23.1 Å². The summed E-state index contributed by atoms with van der Waals surface area (Å²) in [6.07, 6.45) is 0.132. The van der Waals surface area contributed by atoms with E-state index in [4.69, 9.17) is 4.74 Å². The molecule has 0 saturated carbocycles. The first-order valence-corrected chi connectivity index (χ1v) is 11.3. The van der Waals surface area contributed by atoms with Gasteiger partial charge in [-0.3, -0.25) is 24.6 Å². The largest absolute Gasteiger partial charge is 0.456 e. The number of nitrogens with one attached hydrogen (secondary N) is 1. The number of non-ortho nitro benzene ring substituents is 1. The number of nitrogens with zero attached hydrogens (tertiary/aromatic N) is 2. The summed E-state index contributed by atoms with van der Waals surface area (Å²) in [6, 6.07) is 8.15. The number of nitro groups is 1. The third kappa shape index (κ3) is 4.36. The Bertz CT molecular complexity index is 1100. The van der Waals surface area contributed by atoms with Crippen LogP contribution in [0.2, 0.25) is 0 Å². The quantitative estimate of drug-likeness (QED) is 0.282. The second-order valence-corrected chi connectivity index (χ2v) is 9.10. The number of thiophene rings is 1. The van der Waals surface area contributed by atoms with E-state index in [1.54, 1.807) is 0 Å². The molecule has 1 N–H and O–H groups in total. The SMILES string of the molecule is O=C(Cc1cccs1)NC1C(=O)N2C(C(=O)OCc3ccc([N+](=O)[O-])cc3)=C(F)CS[C@H]12. The molecule has 1 unspecified atom stereocenters. The van der Waals surface area contributed by atoms with E-state index in [0.29, 0.717) is 5.56 Å². The standard InChI is InChI=1S/C20H16FN3O6S2/c21-14-10-32-19-16(22-15(25)8-13-2-1-7-31-13)18(26)23(19)17(14)20(27)30-9-11-3-5-12(6-4-11)24(28)29/h1-7,16,19H,8-10H2,(H,22,25)/t16?,19-/m1/s1. The minimum atomic E-state index is -1.01. The zero-order valence-electron chi connectivity index (χ0n) is 16.4. The molecule has 3 heterocycles. The van der Waals surface area contributed by atoms with E-state index in [1.165, 1.54) is 35.6 Å². The summed E-state index contributed by atoms with van der Waals surface area (Å²) >= 11 is 2.54. The molecule has 0 bridgehead atoms. The number of hydrogen-bond acceptors (Lipinski definition) is 8. The summed E-state index contributed by atoms with van der Waals surface area (Å²) in [5.41, 5.74) is -0.107. The highest BCUT2D eigenvalue weighted by Gasteiger charge is 2.54. The van der Waals surface area contributed by atoms with Gasteiger partial charge in [-0.1, -0.05) is 6.07 Å². The van der Waals surface area contributed by atoms with Crippen molar-refractivity contribution < 1.29 is 28.4 Å². The van der Waals surface area contributed by atoms with Crippen molar-refractivity contribution in [3.63, 3.8) is 0 Å². The maximum atomic E-state index is 14.4. The van der Waals surface area contributed by atoms with Crippen molar-refractivity contribution in [3.8, 4) is 0 Å². The van der Waals surface area contributed by atoms with Crippen LogP contribution in [0.25, 0.3) is 0 Å². The van der Waals surface area contributed by atoms with Gasteiger partial charge in [-0.05, 0) is 29.1 Å². The van der Waals surface area contributed by atoms with Crippen LogP contribution in [0.3, 0.4) is 0 Å². The van der Waals surface area contributed by atoms with Crippen LogP contribution in [0.1, 0.15) is 10.4 Å². The van der Waals surface area contributed by atoms with Gasteiger partial charge in [0.1, 0.15) is 23.8 Å². The lowest BCUT2D eigenvalue weighted by molar-refractivity contribution is -0.384. The maximum Gasteiger partial charge on any atom is 0.358 e. The second-order valence-electron chi connectivity index (χ2n) is 6.96. The third-order valence-electron chi connectivity index (χ3n) is 4.86. The zero-order valence-corrected chi connectivity index (χ0v) is 18.0. The second kappa shape index (κ2) is 9.09. The number of β-lactam (4-membered cyclic amide) rings is 1. The number of fused-ring (bicyclic) bond motifs is 1. The monoisotopic (exact) mass is 477 g/mol. The van der Waals surface area contributed by atoms with Gasteiger partial charge in [-0.15, -0.1) is 23.1 Å². The van der Waals surface area contributed by atoms with Gasteiger partial charge in [0.15, 0.2) is 5.70 Å². The number of rotatable bonds is 7. The van der Waals surface area contributed by atoms with Gasteiger partial charge in [0, 0.05) is 22.8 Å². The highest BCUT2D eigenvalue weighted by Crippen LogP contribution is 2.41. The van der Waals surface area contributed by atoms with Crippen molar-refractivity contribution in [2.45, 2.75) is 24.4 Å². The van der Waals surface area contributed by atoms with Crippen LogP contribution in [0.5, 0.6) is 0 Å². The zero-order chi connectivity index (χ0) is 22.8. The van der Waals surface area contributed by atoms with Gasteiger partial charge in [0.25, 0.3) is 11.6 Å². The van der Waals surface area contributed by atoms with Crippen molar-refractivity contribution in [3.05, 3.63) is 73.9 Å². The number of amides is 2. The molecule has 0 aliphatic carbocycles. The predicted molar refractivity (Wildman–Crippen MR) is 114 cm³/mol. The Hall–Kier alpha value is -3.25. The molecular weight excluding hydrogens is 461 g/mol.